The summed E-state index contributed by atoms with van der Waals surface area (Å²) in [6, 6.07) is 0. The van der Waals surface area contributed by atoms with Crippen LogP contribution in [0.3, 0.4) is 0 Å². The van der Waals surface area contributed by atoms with E-state index in [2.05, 4.69) is 4.72 Å². The minimum Gasteiger partial charge on any atom is -0.481 e. The van der Waals surface area contributed by atoms with Crippen LogP contribution >= 0.6 is 0 Å². The molecule has 6 nitrogen and oxygen atoms in total. The molecular formula is C10H19NO5S. The first-order valence-electron chi connectivity index (χ1n) is 5.76. The molecular weight excluding hydrogens is 246 g/mol. The average Bonchev–Trinajstić information content (AvgIpc) is 2.69. The number of carbonyl (C=O) groups is 1. The molecule has 0 aromatic carbocycles. The summed E-state index contributed by atoms with van der Waals surface area (Å²) in [5.41, 5.74) is 0. The fraction of sp³-hybridized carbons (Fsp3) is 0.900. The fourth-order valence-electron chi connectivity index (χ4n) is 1.71. The molecule has 0 aromatic heterocycles. The maximum atomic E-state index is 11.6. The Labute approximate surface area is 101 Å². The molecule has 1 fully saturated rings. The number of ether oxygens (including phenoxy) is 1. The van der Waals surface area contributed by atoms with Crippen molar-refractivity contribution in [1.29, 1.82) is 0 Å². The van der Waals surface area contributed by atoms with Gasteiger partial charge in [0, 0.05) is 13.2 Å². The second kappa shape index (κ2) is 6.32. The van der Waals surface area contributed by atoms with Crippen molar-refractivity contribution in [2.24, 2.45) is 5.92 Å². The number of carboxylic acid groups (broad SMARTS) is 1. The number of hydrogen-bond donors (Lipinski definition) is 2. The van der Waals surface area contributed by atoms with E-state index in [4.69, 9.17) is 9.84 Å². The number of hydrogen-bond acceptors (Lipinski definition) is 4. The Morgan fingerprint density at radius 1 is 1.59 bits per heavy atom. The van der Waals surface area contributed by atoms with Crippen molar-refractivity contribution in [3.8, 4) is 0 Å². The van der Waals surface area contributed by atoms with Crippen molar-refractivity contribution >= 4 is 16.0 Å². The van der Waals surface area contributed by atoms with E-state index in [1.807, 2.05) is 0 Å². The molecule has 0 spiro atoms. The Hall–Kier alpha value is -0.660. The lowest BCUT2D eigenvalue weighted by Crippen LogP contribution is -2.37. The first kappa shape index (κ1) is 14.4. The minimum absolute atomic E-state index is 0.0547. The topological polar surface area (TPSA) is 92.7 Å². The molecule has 2 atom stereocenters. The van der Waals surface area contributed by atoms with Crippen molar-refractivity contribution in [3.63, 3.8) is 0 Å². The monoisotopic (exact) mass is 265 g/mol. The first-order chi connectivity index (χ1) is 7.94. The minimum atomic E-state index is -3.44. The van der Waals surface area contributed by atoms with Gasteiger partial charge in [0.05, 0.1) is 17.8 Å². The van der Waals surface area contributed by atoms with Gasteiger partial charge in [-0.2, -0.15) is 0 Å². The Balaban J connectivity index is 2.40. The smallest absolute Gasteiger partial charge is 0.307 e. The standard InChI is InChI=1S/C10H19NO5S/c1-2-8(10(12)13)6-11-17(14,15)7-9-4-3-5-16-9/h8-9,11H,2-7H2,1H3,(H,12,13). The van der Waals surface area contributed by atoms with Gasteiger partial charge in [0.15, 0.2) is 0 Å². The fourth-order valence-corrected chi connectivity index (χ4v) is 3.04. The van der Waals surface area contributed by atoms with Crippen LogP contribution < -0.4 is 4.72 Å². The molecule has 0 radical (unpaired) electrons. The Kier molecular flexibility index (Phi) is 5.35. The predicted octanol–water partition coefficient (Wildman–Crippen LogP) is 0.196. The average molecular weight is 265 g/mol. The van der Waals surface area contributed by atoms with Crippen LogP contribution in [0.25, 0.3) is 0 Å². The molecule has 1 aliphatic rings. The van der Waals surface area contributed by atoms with Gasteiger partial charge >= 0.3 is 5.97 Å². The van der Waals surface area contributed by atoms with Crippen molar-refractivity contribution in [2.45, 2.75) is 32.3 Å². The van der Waals surface area contributed by atoms with Gasteiger partial charge in [0.1, 0.15) is 0 Å². The molecule has 1 saturated heterocycles. The van der Waals surface area contributed by atoms with E-state index in [9.17, 15) is 13.2 Å². The zero-order valence-corrected chi connectivity index (χ0v) is 10.7. The molecule has 7 heteroatoms. The largest absolute Gasteiger partial charge is 0.481 e. The maximum Gasteiger partial charge on any atom is 0.307 e. The van der Waals surface area contributed by atoms with Crippen LogP contribution in [-0.4, -0.2) is 44.5 Å². The van der Waals surface area contributed by atoms with E-state index < -0.39 is 21.9 Å². The van der Waals surface area contributed by atoms with Gasteiger partial charge in [-0.15, -0.1) is 0 Å². The van der Waals surface area contributed by atoms with Crippen LogP contribution in [0.5, 0.6) is 0 Å². The summed E-state index contributed by atoms with van der Waals surface area (Å²) >= 11 is 0. The van der Waals surface area contributed by atoms with Crippen LogP contribution in [0.15, 0.2) is 0 Å². The highest BCUT2D eigenvalue weighted by Crippen LogP contribution is 2.13. The van der Waals surface area contributed by atoms with Gasteiger partial charge in [-0.25, -0.2) is 13.1 Å². The van der Waals surface area contributed by atoms with E-state index >= 15 is 0 Å². The summed E-state index contributed by atoms with van der Waals surface area (Å²) in [6.45, 7) is 2.26. The van der Waals surface area contributed by atoms with Gasteiger partial charge in [-0.1, -0.05) is 6.92 Å². The molecule has 1 aliphatic heterocycles. The second-order valence-corrected chi connectivity index (χ2v) is 6.06. The lowest BCUT2D eigenvalue weighted by molar-refractivity contribution is -0.141. The van der Waals surface area contributed by atoms with Crippen molar-refractivity contribution in [2.75, 3.05) is 18.9 Å². The number of carboxylic acids is 1. The van der Waals surface area contributed by atoms with Gasteiger partial charge < -0.3 is 9.84 Å². The molecule has 0 saturated carbocycles. The van der Waals surface area contributed by atoms with Crippen LogP contribution in [-0.2, 0) is 19.6 Å². The third-order valence-electron chi connectivity index (χ3n) is 2.82. The predicted molar refractivity (Wildman–Crippen MR) is 62.2 cm³/mol. The van der Waals surface area contributed by atoms with E-state index in [1.165, 1.54) is 0 Å². The summed E-state index contributed by atoms with van der Waals surface area (Å²) in [5, 5.41) is 8.79. The number of aliphatic carboxylic acids is 1. The number of sulfonamides is 1. The maximum absolute atomic E-state index is 11.6. The molecule has 17 heavy (non-hydrogen) atoms. The summed E-state index contributed by atoms with van der Waals surface area (Å²) in [6.07, 6.45) is 1.78. The van der Waals surface area contributed by atoms with Crippen LogP contribution in [0.2, 0.25) is 0 Å². The van der Waals surface area contributed by atoms with Crippen LogP contribution in [0, 0.1) is 5.92 Å². The summed E-state index contributed by atoms with van der Waals surface area (Å²) in [7, 11) is -3.44. The molecule has 2 N–H and O–H groups in total. The molecule has 100 valence electrons. The van der Waals surface area contributed by atoms with E-state index in [1.54, 1.807) is 6.92 Å². The van der Waals surface area contributed by atoms with Gasteiger partial charge in [-0.05, 0) is 19.3 Å². The van der Waals surface area contributed by atoms with E-state index in [-0.39, 0.29) is 18.4 Å². The zero-order chi connectivity index (χ0) is 12.9. The van der Waals surface area contributed by atoms with Crippen molar-refractivity contribution in [1.82, 2.24) is 4.72 Å². The molecule has 0 aromatic rings. The molecule has 0 amide bonds. The summed E-state index contributed by atoms with van der Waals surface area (Å²) in [4.78, 5) is 10.7. The van der Waals surface area contributed by atoms with Crippen LogP contribution in [0.4, 0.5) is 0 Å². The first-order valence-corrected chi connectivity index (χ1v) is 7.41. The summed E-state index contributed by atoms with van der Waals surface area (Å²) < 4.78 is 30.9. The highest BCUT2D eigenvalue weighted by molar-refractivity contribution is 7.89. The molecule has 1 rings (SSSR count). The third-order valence-corrected chi connectivity index (χ3v) is 4.24. The zero-order valence-electron chi connectivity index (χ0n) is 9.89. The Morgan fingerprint density at radius 2 is 2.29 bits per heavy atom. The molecule has 2 unspecified atom stereocenters. The van der Waals surface area contributed by atoms with E-state index in [0.717, 1.165) is 12.8 Å². The lowest BCUT2D eigenvalue weighted by atomic mass is 10.1. The quantitative estimate of drug-likeness (QED) is 0.685. The van der Waals surface area contributed by atoms with E-state index in [0.29, 0.717) is 13.0 Å². The molecule has 0 bridgehead atoms. The van der Waals surface area contributed by atoms with Gasteiger partial charge in [-0.3, -0.25) is 4.79 Å². The van der Waals surface area contributed by atoms with Gasteiger partial charge in [0.2, 0.25) is 10.0 Å². The SMILES string of the molecule is CCC(CNS(=O)(=O)CC1CCCO1)C(=O)O. The normalized spacial score (nSPS) is 22.5. The van der Waals surface area contributed by atoms with Crippen molar-refractivity contribution in [3.05, 3.63) is 0 Å². The third kappa shape index (κ3) is 5.01. The van der Waals surface area contributed by atoms with Gasteiger partial charge in [0.25, 0.3) is 0 Å². The second-order valence-electron chi connectivity index (χ2n) is 4.21. The highest BCUT2D eigenvalue weighted by atomic mass is 32.2. The molecule has 0 aliphatic carbocycles. The summed E-state index contributed by atoms with van der Waals surface area (Å²) in [5.74, 6) is -1.73. The lowest BCUT2D eigenvalue weighted by Gasteiger charge is -2.13. The van der Waals surface area contributed by atoms with Crippen LogP contribution in [0.1, 0.15) is 26.2 Å². The highest BCUT2D eigenvalue weighted by Gasteiger charge is 2.24. The Bertz CT molecular complexity index is 348. The number of nitrogens with one attached hydrogen (secondary N) is 1. The molecule has 1 heterocycles. The number of rotatable bonds is 7. The van der Waals surface area contributed by atoms with Crippen molar-refractivity contribution < 1.29 is 23.1 Å². The Morgan fingerprint density at radius 3 is 2.76 bits per heavy atom.